The largest absolute Gasteiger partial charge is 0.370 e. The summed E-state index contributed by atoms with van der Waals surface area (Å²) in [6.07, 6.45) is 0.334. The third-order valence-corrected chi connectivity index (χ3v) is 1.59. The second-order valence-electron chi connectivity index (χ2n) is 3.42. The molecular weight excluding hydrogens is 194 g/mol. The van der Waals surface area contributed by atoms with E-state index in [9.17, 15) is 4.79 Å². The van der Waals surface area contributed by atoms with Gasteiger partial charge in [0, 0.05) is 19.1 Å². The van der Waals surface area contributed by atoms with Crippen molar-refractivity contribution < 1.29 is 9.53 Å². The summed E-state index contributed by atoms with van der Waals surface area (Å²) in [7, 11) is 0. The molecule has 0 saturated carbocycles. The fourth-order valence-corrected chi connectivity index (χ4v) is 0.893. The van der Waals surface area contributed by atoms with Crippen molar-refractivity contribution in [2.24, 2.45) is 0 Å². The van der Waals surface area contributed by atoms with E-state index in [4.69, 9.17) is 10.00 Å². The van der Waals surface area contributed by atoms with Crippen molar-refractivity contribution in [3.05, 3.63) is 0 Å². The van der Waals surface area contributed by atoms with Gasteiger partial charge in [0.15, 0.2) is 0 Å². The predicted octanol–water partition coefficient (Wildman–Crippen LogP) is 0.0309. The van der Waals surface area contributed by atoms with Gasteiger partial charge in [-0.15, -0.1) is 0 Å². The topological polar surface area (TPSA) is 74.2 Å². The van der Waals surface area contributed by atoms with Crippen LogP contribution in [0.3, 0.4) is 0 Å². The van der Waals surface area contributed by atoms with Crippen LogP contribution in [-0.4, -0.2) is 38.3 Å². The molecule has 1 amide bonds. The lowest BCUT2D eigenvalue weighted by atomic mass is 10.4. The van der Waals surface area contributed by atoms with Crippen molar-refractivity contribution >= 4 is 5.91 Å². The number of rotatable bonds is 8. The average Bonchev–Trinajstić information content (AvgIpc) is 2.17. The first kappa shape index (κ1) is 13.9. The summed E-state index contributed by atoms with van der Waals surface area (Å²) in [5.74, 6) is -0.171. The van der Waals surface area contributed by atoms with Crippen LogP contribution in [0.1, 0.15) is 20.3 Å². The smallest absolute Gasteiger partial charge is 0.246 e. The van der Waals surface area contributed by atoms with E-state index < -0.39 is 0 Å². The predicted molar refractivity (Wildman–Crippen MR) is 57.2 cm³/mol. The standard InChI is InChI=1S/C10H19N3O2/c1-9(2)12-6-7-15-8-10(14)13-5-3-4-11/h9,12H,3,5-8H2,1-2H3,(H,13,14). The maximum absolute atomic E-state index is 11.0. The minimum absolute atomic E-state index is 0.0607. The van der Waals surface area contributed by atoms with Gasteiger partial charge < -0.3 is 15.4 Å². The van der Waals surface area contributed by atoms with E-state index in [1.807, 2.05) is 6.07 Å². The van der Waals surface area contributed by atoms with Crippen molar-refractivity contribution in [3.63, 3.8) is 0 Å². The number of amides is 1. The van der Waals surface area contributed by atoms with E-state index in [0.717, 1.165) is 6.54 Å². The average molecular weight is 213 g/mol. The van der Waals surface area contributed by atoms with Gasteiger partial charge in [0.05, 0.1) is 19.1 Å². The lowest BCUT2D eigenvalue weighted by Crippen LogP contribution is -2.31. The maximum atomic E-state index is 11.0. The highest BCUT2D eigenvalue weighted by Gasteiger charge is 1.99. The second kappa shape index (κ2) is 9.44. The molecular formula is C10H19N3O2. The Morgan fingerprint density at radius 1 is 1.47 bits per heavy atom. The Labute approximate surface area is 90.8 Å². The highest BCUT2D eigenvalue weighted by atomic mass is 16.5. The van der Waals surface area contributed by atoms with E-state index in [-0.39, 0.29) is 12.5 Å². The van der Waals surface area contributed by atoms with E-state index >= 15 is 0 Å². The quantitative estimate of drug-likeness (QED) is 0.558. The molecule has 86 valence electrons. The summed E-state index contributed by atoms with van der Waals surface area (Å²) in [6, 6.07) is 2.38. The van der Waals surface area contributed by atoms with Gasteiger partial charge in [-0.05, 0) is 0 Å². The minimum Gasteiger partial charge on any atom is -0.370 e. The normalized spacial score (nSPS) is 10.0. The molecule has 5 nitrogen and oxygen atoms in total. The lowest BCUT2D eigenvalue weighted by Gasteiger charge is -2.08. The lowest BCUT2D eigenvalue weighted by molar-refractivity contribution is -0.125. The SMILES string of the molecule is CC(C)NCCOCC(=O)NCCC#N. The van der Waals surface area contributed by atoms with Crippen LogP contribution in [0.2, 0.25) is 0 Å². The Morgan fingerprint density at radius 3 is 2.80 bits per heavy atom. The molecule has 0 unspecified atom stereocenters. The number of carbonyl (C=O) groups is 1. The zero-order chi connectivity index (χ0) is 11.5. The fraction of sp³-hybridized carbons (Fsp3) is 0.800. The van der Waals surface area contributed by atoms with Gasteiger partial charge in [-0.3, -0.25) is 4.79 Å². The summed E-state index contributed by atoms with van der Waals surface area (Å²) in [6.45, 7) is 5.81. The minimum atomic E-state index is -0.171. The Morgan fingerprint density at radius 2 is 2.20 bits per heavy atom. The van der Waals surface area contributed by atoms with Gasteiger partial charge >= 0.3 is 0 Å². The zero-order valence-electron chi connectivity index (χ0n) is 9.38. The summed E-state index contributed by atoms with van der Waals surface area (Å²) >= 11 is 0. The number of nitrogens with zero attached hydrogens (tertiary/aromatic N) is 1. The summed E-state index contributed by atoms with van der Waals surface area (Å²) in [4.78, 5) is 11.0. The molecule has 15 heavy (non-hydrogen) atoms. The maximum Gasteiger partial charge on any atom is 0.246 e. The number of hydrogen-bond acceptors (Lipinski definition) is 4. The van der Waals surface area contributed by atoms with Crippen LogP contribution >= 0.6 is 0 Å². The van der Waals surface area contributed by atoms with Gasteiger partial charge in [-0.1, -0.05) is 13.8 Å². The highest BCUT2D eigenvalue weighted by molar-refractivity contribution is 5.77. The highest BCUT2D eigenvalue weighted by Crippen LogP contribution is 1.79. The van der Waals surface area contributed by atoms with Gasteiger partial charge in [0.2, 0.25) is 5.91 Å². The van der Waals surface area contributed by atoms with Gasteiger partial charge in [-0.25, -0.2) is 0 Å². The number of nitriles is 1. The van der Waals surface area contributed by atoms with E-state index in [2.05, 4.69) is 24.5 Å². The Balaban J connectivity index is 3.21. The van der Waals surface area contributed by atoms with Gasteiger partial charge in [0.1, 0.15) is 6.61 Å². The van der Waals surface area contributed by atoms with Crippen molar-refractivity contribution in [1.29, 1.82) is 5.26 Å². The van der Waals surface area contributed by atoms with Gasteiger partial charge in [-0.2, -0.15) is 5.26 Å². The first-order valence-corrected chi connectivity index (χ1v) is 5.11. The van der Waals surface area contributed by atoms with Crippen molar-refractivity contribution in [1.82, 2.24) is 10.6 Å². The van der Waals surface area contributed by atoms with Crippen LogP contribution < -0.4 is 10.6 Å². The van der Waals surface area contributed by atoms with Crippen LogP contribution in [0.5, 0.6) is 0 Å². The first-order chi connectivity index (χ1) is 7.16. The van der Waals surface area contributed by atoms with Crippen LogP contribution in [0.15, 0.2) is 0 Å². The molecule has 0 heterocycles. The molecule has 0 bridgehead atoms. The van der Waals surface area contributed by atoms with Crippen molar-refractivity contribution in [2.45, 2.75) is 26.3 Å². The summed E-state index contributed by atoms with van der Waals surface area (Å²) in [5.41, 5.74) is 0. The molecule has 0 aliphatic carbocycles. The molecule has 0 spiro atoms. The first-order valence-electron chi connectivity index (χ1n) is 5.11. The van der Waals surface area contributed by atoms with Crippen LogP contribution in [-0.2, 0) is 9.53 Å². The monoisotopic (exact) mass is 213 g/mol. The molecule has 2 N–H and O–H groups in total. The van der Waals surface area contributed by atoms with Gasteiger partial charge in [0.25, 0.3) is 0 Å². The molecule has 0 aliphatic heterocycles. The van der Waals surface area contributed by atoms with Crippen LogP contribution in [0, 0.1) is 11.3 Å². The van der Waals surface area contributed by atoms with Crippen LogP contribution in [0.25, 0.3) is 0 Å². The molecule has 0 radical (unpaired) electrons. The number of hydrogen-bond donors (Lipinski definition) is 2. The molecule has 0 fully saturated rings. The number of carbonyl (C=O) groups excluding carboxylic acids is 1. The second-order valence-corrected chi connectivity index (χ2v) is 3.42. The zero-order valence-corrected chi connectivity index (χ0v) is 9.38. The summed E-state index contributed by atoms with van der Waals surface area (Å²) in [5, 5.41) is 14.0. The molecule has 0 aromatic rings. The van der Waals surface area contributed by atoms with E-state index in [1.54, 1.807) is 0 Å². The Hall–Kier alpha value is -1.12. The summed E-state index contributed by atoms with van der Waals surface area (Å²) < 4.78 is 5.12. The van der Waals surface area contributed by atoms with Crippen molar-refractivity contribution in [3.8, 4) is 6.07 Å². The molecule has 5 heteroatoms. The molecule has 0 aromatic carbocycles. The van der Waals surface area contributed by atoms with E-state index in [0.29, 0.717) is 25.6 Å². The molecule has 0 aliphatic rings. The Bertz CT molecular complexity index is 211. The molecule has 0 aromatic heterocycles. The number of ether oxygens (including phenoxy) is 1. The molecule has 0 saturated heterocycles. The van der Waals surface area contributed by atoms with Crippen LogP contribution in [0.4, 0.5) is 0 Å². The third kappa shape index (κ3) is 10.8. The number of nitrogens with one attached hydrogen (secondary N) is 2. The molecule has 0 atom stereocenters. The van der Waals surface area contributed by atoms with Crippen molar-refractivity contribution in [2.75, 3.05) is 26.3 Å². The van der Waals surface area contributed by atoms with E-state index in [1.165, 1.54) is 0 Å². The molecule has 0 rings (SSSR count). The third-order valence-electron chi connectivity index (χ3n) is 1.59. The Kier molecular flexibility index (Phi) is 8.73. The fourth-order valence-electron chi connectivity index (χ4n) is 0.893.